The Balaban J connectivity index is 1.91. The van der Waals surface area contributed by atoms with Crippen LogP contribution in [0.3, 0.4) is 0 Å². The molecular weight excluding hydrogens is 328 g/mol. The van der Waals surface area contributed by atoms with E-state index in [0.29, 0.717) is 0 Å². The molecule has 1 aromatic heterocycles. The number of halogens is 1. The van der Waals surface area contributed by atoms with Crippen LogP contribution in [0.25, 0.3) is 0 Å². The number of pyridine rings is 1. The van der Waals surface area contributed by atoms with E-state index in [2.05, 4.69) is 10.3 Å². The van der Waals surface area contributed by atoms with Crippen molar-refractivity contribution in [1.82, 2.24) is 10.3 Å². The molecule has 0 fully saturated rings. The van der Waals surface area contributed by atoms with Gasteiger partial charge in [0.05, 0.1) is 11.6 Å². The summed E-state index contributed by atoms with van der Waals surface area (Å²) in [5.74, 6) is -1.04. The molecule has 126 valence electrons. The van der Waals surface area contributed by atoms with Gasteiger partial charge >= 0.3 is 5.97 Å². The molecule has 1 aromatic carbocycles. The summed E-state index contributed by atoms with van der Waals surface area (Å²) in [5, 5.41) is 2.91. The summed E-state index contributed by atoms with van der Waals surface area (Å²) in [6.07, 6.45) is 2.20. The van der Waals surface area contributed by atoms with Gasteiger partial charge in [0.2, 0.25) is 0 Å². The van der Waals surface area contributed by atoms with Crippen LogP contribution in [0.4, 0.5) is 0 Å². The predicted octanol–water partition coefficient (Wildman–Crippen LogP) is 3.47. The molecule has 0 aliphatic rings. The largest absolute Gasteiger partial charge is 0.452 e. The summed E-state index contributed by atoms with van der Waals surface area (Å²) in [6, 6.07) is 10.9. The smallest absolute Gasteiger partial charge is 0.341 e. The molecule has 0 aliphatic heterocycles. The molecule has 0 saturated heterocycles. The minimum atomic E-state index is -0.674. The summed E-state index contributed by atoms with van der Waals surface area (Å²) in [5.41, 5.74) is 2.30. The quantitative estimate of drug-likeness (QED) is 0.642. The van der Waals surface area contributed by atoms with Crippen LogP contribution in [0.2, 0.25) is 5.15 Å². The monoisotopic (exact) mass is 346 g/mol. The van der Waals surface area contributed by atoms with E-state index < -0.39 is 5.97 Å². The van der Waals surface area contributed by atoms with Crippen LogP contribution in [0.5, 0.6) is 0 Å². The maximum atomic E-state index is 12.0. The van der Waals surface area contributed by atoms with Gasteiger partial charge in [-0.25, -0.2) is 9.78 Å². The Morgan fingerprint density at radius 3 is 2.58 bits per heavy atom. The van der Waals surface area contributed by atoms with Gasteiger partial charge in [-0.15, -0.1) is 0 Å². The lowest BCUT2D eigenvalue weighted by molar-refractivity contribution is -0.125. The van der Waals surface area contributed by atoms with E-state index in [4.69, 9.17) is 16.3 Å². The number of esters is 1. The van der Waals surface area contributed by atoms with E-state index in [1.165, 1.54) is 12.3 Å². The van der Waals surface area contributed by atoms with Crippen molar-refractivity contribution >= 4 is 23.5 Å². The van der Waals surface area contributed by atoms with E-state index >= 15 is 0 Å². The summed E-state index contributed by atoms with van der Waals surface area (Å²) in [7, 11) is 0. The second-order valence-electron chi connectivity index (χ2n) is 5.36. The Morgan fingerprint density at radius 1 is 1.25 bits per heavy atom. The van der Waals surface area contributed by atoms with Gasteiger partial charge in [-0.05, 0) is 31.0 Å². The number of nitrogens with zero attached hydrogens (tertiary/aromatic N) is 1. The number of benzene rings is 1. The first-order valence-corrected chi connectivity index (χ1v) is 8.02. The molecule has 1 atom stereocenters. The number of carbonyl (C=O) groups excluding carboxylic acids is 2. The number of rotatable bonds is 6. The van der Waals surface area contributed by atoms with Crippen LogP contribution < -0.4 is 5.32 Å². The first-order chi connectivity index (χ1) is 11.5. The van der Waals surface area contributed by atoms with Crippen LogP contribution in [-0.2, 0) is 9.53 Å². The maximum absolute atomic E-state index is 12.0. The minimum absolute atomic E-state index is 0.0500. The van der Waals surface area contributed by atoms with Crippen LogP contribution >= 0.6 is 11.6 Å². The van der Waals surface area contributed by atoms with E-state index in [9.17, 15) is 9.59 Å². The number of aromatic nitrogens is 1. The minimum Gasteiger partial charge on any atom is -0.452 e. The topological polar surface area (TPSA) is 68.3 Å². The number of hydrogen-bond donors (Lipinski definition) is 1. The van der Waals surface area contributed by atoms with E-state index in [0.717, 1.165) is 17.5 Å². The third-order valence-electron chi connectivity index (χ3n) is 3.54. The molecule has 1 heterocycles. The highest BCUT2D eigenvalue weighted by Crippen LogP contribution is 2.17. The van der Waals surface area contributed by atoms with E-state index in [-0.39, 0.29) is 29.3 Å². The Labute approximate surface area is 146 Å². The molecular formula is C18H19ClN2O3. The van der Waals surface area contributed by atoms with Gasteiger partial charge in [0.25, 0.3) is 5.91 Å². The zero-order chi connectivity index (χ0) is 17.5. The van der Waals surface area contributed by atoms with Gasteiger partial charge in [-0.3, -0.25) is 4.79 Å². The van der Waals surface area contributed by atoms with Crippen molar-refractivity contribution in [3.63, 3.8) is 0 Å². The highest BCUT2D eigenvalue weighted by atomic mass is 35.5. The molecule has 6 heteroatoms. The molecule has 2 rings (SSSR count). The molecule has 5 nitrogen and oxygen atoms in total. The average molecular weight is 347 g/mol. The Morgan fingerprint density at radius 2 is 1.96 bits per heavy atom. The van der Waals surface area contributed by atoms with Crippen molar-refractivity contribution in [1.29, 1.82) is 0 Å². The summed E-state index contributed by atoms with van der Waals surface area (Å²) in [6.45, 7) is 3.62. The Hall–Kier alpha value is -2.40. The molecule has 0 radical (unpaired) electrons. The molecule has 1 N–H and O–H groups in total. The van der Waals surface area contributed by atoms with Gasteiger partial charge < -0.3 is 10.1 Å². The molecule has 1 amide bonds. The highest BCUT2D eigenvalue weighted by molar-refractivity contribution is 6.32. The summed E-state index contributed by atoms with van der Waals surface area (Å²) < 4.78 is 5.00. The van der Waals surface area contributed by atoms with Crippen molar-refractivity contribution in [2.24, 2.45) is 0 Å². The molecule has 2 aromatic rings. The molecule has 0 aliphatic carbocycles. The lowest BCUT2D eigenvalue weighted by Crippen LogP contribution is -2.32. The highest BCUT2D eigenvalue weighted by Gasteiger charge is 2.16. The Kier molecular flexibility index (Phi) is 6.32. The SMILES string of the molecule is CC[C@H](NC(=O)COC(=O)c1cccnc1Cl)c1ccc(C)cc1. The van der Waals surface area contributed by atoms with Gasteiger partial charge in [0, 0.05) is 6.20 Å². The Bertz CT molecular complexity index is 716. The van der Waals surface area contributed by atoms with Crippen molar-refractivity contribution in [3.8, 4) is 0 Å². The average Bonchev–Trinajstić information content (AvgIpc) is 2.59. The van der Waals surface area contributed by atoms with E-state index in [1.807, 2.05) is 38.1 Å². The fourth-order valence-electron chi connectivity index (χ4n) is 2.20. The number of amides is 1. The zero-order valence-electron chi connectivity index (χ0n) is 13.6. The normalized spacial score (nSPS) is 11.6. The first-order valence-electron chi connectivity index (χ1n) is 7.64. The number of hydrogen-bond acceptors (Lipinski definition) is 4. The number of ether oxygens (including phenoxy) is 1. The summed E-state index contributed by atoms with van der Waals surface area (Å²) >= 11 is 5.82. The van der Waals surface area contributed by atoms with Gasteiger partial charge in [-0.2, -0.15) is 0 Å². The molecule has 0 saturated carbocycles. The third-order valence-corrected chi connectivity index (χ3v) is 3.84. The molecule has 0 unspecified atom stereocenters. The van der Waals surface area contributed by atoms with Crippen molar-refractivity contribution < 1.29 is 14.3 Å². The number of nitrogens with one attached hydrogen (secondary N) is 1. The second-order valence-corrected chi connectivity index (χ2v) is 5.71. The van der Waals surface area contributed by atoms with Crippen molar-refractivity contribution in [2.75, 3.05) is 6.61 Å². The van der Waals surface area contributed by atoms with Crippen LogP contribution in [0.1, 0.15) is 40.9 Å². The van der Waals surface area contributed by atoms with Crippen LogP contribution in [0.15, 0.2) is 42.6 Å². The van der Waals surface area contributed by atoms with Crippen molar-refractivity contribution in [2.45, 2.75) is 26.3 Å². The number of carbonyl (C=O) groups is 2. The number of aryl methyl sites for hydroxylation is 1. The van der Waals surface area contributed by atoms with Crippen LogP contribution in [0, 0.1) is 6.92 Å². The predicted molar refractivity (Wildman–Crippen MR) is 91.9 cm³/mol. The summed E-state index contributed by atoms with van der Waals surface area (Å²) in [4.78, 5) is 27.7. The fourth-order valence-corrected chi connectivity index (χ4v) is 2.40. The van der Waals surface area contributed by atoms with Gasteiger partial charge in [-0.1, -0.05) is 48.4 Å². The molecule has 24 heavy (non-hydrogen) atoms. The third kappa shape index (κ3) is 4.80. The van der Waals surface area contributed by atoms with Gasteiger partial charge in [0.15, 0.2) is 6.61 Å². The van der Waals surface area contributed by atoms with Gasteiger partial charge in [0.1, 0.15) is 5.15 Å². The van der Waals surface area contributed by atoms with E-state index in [1.54, 1.807) is 6.07 Å². The molecule has 0 bridgehead atoms. The molecule has 0 spiro atoms. The first kappa shape index (κ1) is 17.9. The standard InChI is InChI=1S/C18H19ClN2O3/c1-3-15(13-8-6-12(2)7-9-13)21-16(22)11-24-18(23)14-5-4-10-20-17(14)19/h4-10,15H,3,11H2,1-2H3,(H,21,22)/t15-/m0/s1. The van der Waals surface area contributed by atoms with Crippen molar-refractivity contribution in [3.05, 3.63) is 64.4 Å². The lowest BCUT2D eigenvalue weighted by Gasteiger charge is -2.17. The lowest BCUT2D eigenvalue weighted by atomic mass is 10.0. The second kappa shape index (κ2) is 8.45. The maximum Gasteiger partial charge on any atom is 0.341 e. The fraction of sp³-hybridized carbons (Fsp3) is 0.278. The van der Waals surface area contributed by atoms with Crippen LogP contribution in [-0.4, -0.2) is 23.5 Å². The zero-order valence-corrected chi connectivity index (χ0v) is 14.3.